The molecular weight excluding hydrogens is 408 g/mol. The zero-order valence-electron chi connectivity index (χ0n) is 17.6. The molecule has 0 aliphatic rings. The number of nitrogens with zero attached hydrogens (tertiary/aromatic N) is 1. The van der Waals surface area contributed by atoms with Gasteiger partial charge in [-0.1, -0.05) is 6.07 Å². The summed E-state index contributed by atoms with van der Waals surface area (Å²) in [5, 5.41) is 2.68. The molecule has 2 aromatic rings. The van der Waals surface area contributed by atoms with Gasteiger partial charge in [-0.3, -0.25) is 9.10 Å². The average molecular weight is 435 g/mol. The molecular formula is C21H26N2O6S. The molecule has 0 aliphatic carbocycles. The van der Waals surface area contributed by atoms with Crippen molar-refractivity contribution in [3.63, 3.8) is 0 Å². The van der Waals surface area contributed by atoms with E-state index < -0.39 is 27.9 Å². The first kappa shape index (κ1) is 23.2. The van der Waals surface area contributed by atoms with Crippen LogP contribution in [0.3, 0.4) is 0 Å². The van der Waals surface area contributed by atoms with E-state index in [1.807, 2.05) is 6.92 Å². The third-order valence-electron chi connectivity index (χ3n) is 4.32. The highest BCUT2D eigenvalue weighted by molar-refractivity contribution is 7.92. The number of benzene rings is 2. The minimum absolute atomic E-state index is 0.262. The summed E-state index contributed by atoms with van der Waals surface area (Å²) in [7, 11) is -2.36. The van der Waals surface area contributed by atoms with E-state index in [1.54, 1.807) is 37.3 Å². The molecule has 0 fully saturated rings. The second-order valence-corrected chi connectivity index (χ2v) is 8.56. The normalized spacial score (nSPS) is 12.0. The van der Waals surface area contributed by atoms with E-state index in [1.165, 1.54) is 26.2 Å². The Labute approximate surface area is 176 Å². The van der Waals surface area contributed by atoms with E-state index in [4.69, 9.17) is 9.47 Å². The monoisotopic (exact) mass is 434 g/mol. The third kappa shape index (κ3) is 5.50. The second-order valence-electron chi connectivity index (χ2n) is 6.70. The summed E-state index contributed by atoms with van der Waals surface area (Å²) in [6.45, 7) is 5.29. The molecule has 0 radical (unpaired) electrons. The number of methoxy groups -OCH3 is 1. The number of hydrogen-bond acceptors (Lipinski definition) is 6. The number of aryl methyl sites for hydroxylation is 1. The molecule has 1 atom stereocenters. The SMILES string of the molecule is CCOC(=O)c1ccc(NC(=O)[C@H](C)N(c2cc(C)ccc2OC)S(C)(=O)=O)cc1. The Morgan fingerprint density at radius 1 is 1.13 bits per heavy atom. The first-order chi connectivity index (χ1) is 14.1. The summed E-state index contributed by atoms with van der Waals surface area (Å²) in [6.07, 6.45) is 1.03. The summed E-state index contributed by atoms with van der Waals surface area (Å²) in [5.41, 5.74) is 1.87. The van der Waals surface area contributed by atoms with Crippen molar-refractivity contribution in [1.29, 1.82) is 0 Å². The number of nitrogens with one attached hydrogen (secondary N) is 1. The van der Waals surface area contributed by atoms with Crippen molar-refractivity contribution in [3.8, 4) is 5.75 Å². The molecule has 0 unspecified atom stereocenters. The molecule has 30 heavy (non-hydrogen) atoms. The van der Waals surface area contributed by atoms with Crippen molar-refractivity contribution in [2.24, 2.45) is 0 Å². The lowest BCUT2D eigenvalue weighted by Crippen LogP contribution is -2.45. The highest BCUT2D eigenvalue weighted by Gasteiger charge is 2.31. The van der Waals surface area contributed by atoms with Gasteiger partial charge in [0, 0.05) is 5.69 Å². The van der Waals surface area contributed by atoms with Crippen molar-refractivity contribution in [1.82, 2.24) is 0 Å². The summed E-state index contributed by atoms with van der Waals surface area (Å²) >= 11 is 0. The minimum atomic E-state index is -3.80. The van der Waals surface area contributed by atoms with Crippen molar-refractivity contribution in [2.75, 3.05) is 29.6 Å². The summed E-state index contributed by atoms with van der Waals surface area (Å²) < 4.78 is 36.3. The Kier molecular flexibility index (Phi) is 7.44. The van der Waals surface area contributed by atoms with Gasteiger partial charge in [0.15, 0.2) is 0 Å². The zero-order valence-corrected chi connectivity index (χ0v) is 18.4. The molecule has 1 N–H and O–H groups in total. The van der Waals surface area contributed by atoms with Crippen LogP contribution < -0.4 is 14.4 Å². The zero-order chi connectivity index (χ0) is 22.5. The summed E-state index contributed by atoms with van der Waals surface area (Å²) in [6, 6.07) is 10.2. The quantitative estimate of drug-likeness (QED) is 0.641. The van der Waals surface area contributed by atoms with Crippen LogP contribution >= 0.6 is 0 Å². The van der Waals surface area contributed by atoms with Crippen molar-refractivity contribution in [3.05, 3.63) is 53.6 Å². The molecule has 0 saturated heterocycles. The van der Waals surface area contributed by atoms with Crippen LogP contribution in [0.1, 0.15) is 29.8 Å². The fourth-order valence-corrected chi connectivity index (χ4v) is 4.07. The van der Waals surface area contributed by atoms with Gasteiger partial charge < -0.3 is 14.8 Å². The van der Waals surface area contributed by atoms with Crippen molar-refractivity contribution >= 4 is 33.3 Å². The van der Waals surface area contributed by atoms with Gasteiger partial charge in [-0.25, -0.2) is 13.2 Å². The van der Waals surface area contributed by atoms with Gasteiger partial charge in [0.05, 0.1) is 31.2 Å². The van der Waals surface area contributed by atoms with Gasteiger partial charge in [-0.05, 0) is 62.7 Å². The molecule has 0 saturated carbocycles. The third-order valence-corrected chi connectivity index (χ3v) is 5.55. The fourth-order valence-electron chi connectivity index (χ4n) is 2.90. The highest BCUT2D eigenvalue weighted by atomic mass is 32.2. The van der Waals surface area contributed by atoms with Crippen LogP contribution in [-0.4, -0.2) is 46.3 Å². The molecule has 0 aliphatic heterocycles. The Balaban J connectivity index is 2.29. The molecule has 8 nitrogen and oxygen atoms in total. The maximum Gasteiger partial charge on any atom is 0.338 e. The van der Waals surface area contributed by atoms with Crippen LogP contribution in [0.25, 0.3) is 0 Å². The smallest absolute Gasteiger partial charge is 0.338 e. The molecule has 0 aromatic heterocycles. The van der Waals surface area contributed by atoms with Gasteiger partial charge in [0.1, 0.15) is 11.8 Å². The van der Waals surface area contributed by atoms with Crippen LogP contribution in [0.2, 0.25) is 0 Å². The van der Waals surface area contributed by atoms with E-state index in [-0.39, 0.29) is 12.3 Å². The van der Waals surface area contributed by atoms with Gasteiger partial charge in [0.2, 0.25) is 15.9 Å². The number of ether oxygens (including phenoxy) is 2. The fraction of sp³-hybridized carbons (Fsp3) is 0.333. The molecule has 2 rings (SSSR count). The van der Waals surface area contributed by atoms with Gasteiger partial charge >= 0.3 is 5.97 Å². The number of sulfonamides is 1. The summed E-state index contributed by atoms with van der Waals surface area (Å²) in [4.78, 5) is 24.6. The first-order valence-corrected chi connectivity index (χ1v) is 11.2. The largest absolute Gasteiger partial charge is 0.495 e. The number of amides is 1. The second kappa shape index (κ2) is 9.62. The standard InChI is InChI=1S/C21H26N2O6S/c1-6-29-21(25)16-8-10-17(11-9-16)22-20(24)15(3)23(30(5,26)27)18-13-14(2)7-12-19(18)28-4/h7-13,15H,6H2,1-5H3,(H,22,24)/t15-/m0/s1. The molecule has 1 amide bonds. The average Bonchev–Trinajstić information content (AvgIpc) is 2.68. The van der Waals surface area contributed by atoms with Crippen LogP contribution in [0, 0.1) is 6.92 Å². The van der Waals surface area contributed by atoms with Crippen molar-refractivity contribution in [2.45, 2.75) is 26.8 Å². The number of esters is 1. The maximum atomic E-state index is 12.8. The topological polar surface area (TPSA) is 102 Å². The molecule has 0 bridgehead atoms. The number of hydrogen-bond donors (Lipinski definition) is 1. The predicted molar refractivity (Wildman–Crippen MR) is 116 cm³/mol. The van der Waals surface area contributed by atoms with Gasteiger partial charge in [-0.15, -0.1) is 0 Å². The van der Waals surface area contributed by atoms with E-state index in [2.05, 4.69) is 5.32 Å². The number of rotatable bonds is 8. The van der Waals surface area contributed by atoms with Crippen molar-refractivity contribution < 1.29 is 27.5 Å². The van der Waals surface area contributed by atoms with Gasteiger partial charge in [-0.2, -0.15) is 0 Å². The Hall–Kier alpha value is -3.07. The van der Waals surface area contributed by atoms with E-state index >= 15 is 0 Å². The first-order valence-electron chi connectivity index (χ1n) is 9.30. The van der Waals surface area contributed by atoms with E-state index in [0.29, 0.717) is 17.0 Å². The maximum absolute atomic E-state index is 12.8. The minimum Gasteiger partial charge on any atom is -0.495 e. The molecule has 0 spiro atoms. The molecule has 9 heteroatoms. The Morgan fingerprint density at radius 2 is 1.77 bits per heavy atom. The van der Waals surface area contributed by atoms with Crippen LogP contribution in [-0.2, 0) is 19.6 Å². The number of anilines is 2. The Morgan fingerprint density at radius 3 is 2.30 bits per heavy atom. The lowest BCUT2D eigenvalue weighted by Gasteiger charge is -2.29. The number of carbonyl (C=O) groups excluding carboxylic acids is 2. The molecule has 2 aromatic carbocycles. The molecule has 0 heterocycles. The Bertz CT molecular complexity index is 1020. The predicted octanol–water partition coefficient (Wildman–Crippen LogP) is 2.97. The lowest BCUT2D eigenvalue weighted by molar-refractivity contribution is -0.116. The van der Waals surface area contributed by atoms with Crippen LogP contribution in [0.15, 0.2) is 42.5 Å². The van der Waals surface area contributed by atoms with Crippen LogP contribution in [0.5, 0.6) is 5.75 Å². The molecule has 162 valence electrons. The van der Waals surface area contributed by atoms with E-state index in [9.17, 15) is 18.0 Å². The number of carbonyl (C=O) groups is 2. The lowest BCUT2D eigenvalue weighted by atomic mass is 10.1. The van der Waals surface area contributed by atoms with Gasteiger partial charge in [0.25, 0.3) is 0 Å². The van der Waals surface area contributed by atoms with Crippen LogP contribution in [0.4, 0.5) is 11.4 Å². The highest BCUT2D eigenvalue weighted by Crippen LogP contribution is 2.32. The van der Waals surface area contributed by atoms with E-state index in [0.717, 1.165) is 16.1 Å². The summed E-state index contributed by atoms with van der Waals surface area (Å²) in [5.74, 6) is -0.657.